The molecule has 0 radical (unpaired) electrons. The van der Waals surface area contributed by atoms with E-state index in [1.54, 1.807) is 36.5 Å². The molecule has 3 rings (SSSR count). The van der Waals surface area contributed by atoms with Crippen LogP contribution in [0.1, 0.15) is 22.8 Å². The van der Waals surface area contributed by atoms with E-state index in [1.807, 2.05) is 30.3 Å². The number of hydrogen-bond donors (Lipinski definition) is 3. The number of nitrogens with zero attached hydrogens (tertiary/aromatic N) is 1. The number of benzene rings is 2. The zero-order valence-corrected chi connectivity index (χ0v) is 14.9. The van der Waals surface area contributed by atoms with Gasteiger partial charge in [-0.25, -0.2) is 0 Å². The molecule has 6 nitrogen and oxygen atoms in total. The summed E-state index contributed by atoms with van der Waals surface area (Å²) in [5.74, 6) is -0.393. The number of rotatable bonds is 6. The van der Waals surface area contributed by atoms with Crippen molar-refractivity contribution < 1.29 is 9.59 Å². The highest BCUT2D eigenvalue weighted by Gasteiger charge is 2.08. The molecule has 0 aliphatic heterocycles. The molecule has 2 aromatic carbocycles. The van der Waals surface area contributed by atoms with Crippen molar-refractivity contribution >= 4 is 28.9 Å². The maximum Gasteiger partial charge on any atom is 0.257 e. The first-order valence-electron chi connectivity index (χ1n) is 8.52. The van der Waals surface area contributed by atoms with Crippen LogP contribution in [0.3, 0.4) is 0 Å². The highest BCUT2D eigenvalue weighted by molar-refractivity contribution is 6.04. The monoisotopic (exact) mass is 360 g/mol. The number of nitrogens with one attached hydrogen (secondary N) is 3. The van der Waals surface area contributed by atoms with E-state index >= 15 is 0 Å². The summed E-state index contributed by atoms with van der Waals surface area (Å²) in [6.45, 7) is 2.10. The van der Waals surface area contributed by atoms with Crippen LogP contribution in [0.25, 0.3) is 0 Å². The molecule has 0 unspecified atom stereocenters. The molecule has 136 valence electrons. The molecule has 1 aromatic heterocycles. The third-order valence-corrected chi connectivity index (χ3v) is 3.80. The fraction of sp³-hybridized carbons (Fsp3) is 0.0952. The number of carbonyl (C=O) groups excluding carboxylic acids is 2. The molecular formula is C21H20N4O2. The minimum atomic E-state index is -0.252. The molecule has 3 aromatic rings. The highest BCUT2D eigenvalue weighted by atomic mass is 16.2. The predicted octanol–water partition coefficient (Wildman–Crippen LogP) is 3.90. The van der Waals surface area contributed by atoms with Gasteiger partial charge in [0.1, 0.15) is 0 Å². The van der Waals surface area contributed by atoms with E-state index in [9.17, 15) is 9.59 Å². The lowest BCUT2D eigenvalue weighted by molar-refractivity contribution is -0.114. The van der Waals surface area contributed by atoms with Crippen molar-refractivity contribution in [3.8, 4) is 0 Å². The number of hydrogen-bond acceptors (Lipinski definition) is 4. The van der Waals surface area contributed by atoms with E-state index in [0.717, 1.165) is 11.3 Å². The number of carbonyl (C=O) groups is 2. The van der Waals surface area contributed by atoms with Gasteiger partial charge in [-0.1, -0.05) is 30.3 Å². The SMILES string of the molecule is CC(=O)Nc1ccc(NC(=O)c2cncc(NCc3ccccc3)c2)cc1. The van der Waals surface area contributed by atoms with Crippen LogP contribution in [-0.2, 0) is 11.3 Å². The number of anilines is 3. The normalized spacial score (nSPS) is 10.1. The summed E-state index contributed by atoms with van der Waals surface area (Å²) >= 11 is 0. The summed E-state index contributed by atoms with van der Waals surface area (Å²) < 4.78 is 0. The van der Waals surface area contributed by atoms with Gasteiger partial charge in [0.2, 0.25) is 5.91 Å². The molecule has 0 aliphatic rings. The number of aromatic nitrogens is 1. The Morgan fingerprint density at radius 2 is 1.52 bits per heavy atom. The summed E-state index contributed by atoms with van der Waals surface area (Å²) in [5, 5.41) is 8.77. The second-order valence-electron chi connectivity index (χ2n) is 6.01. The molecule has 6 heteroatoms. The zero-order chi connectivity index (χ0) is 19.1. The molecule has 0 aliphatic carbocycles. The lowest BCUT2D eigenvalue weighted by Gasteiger charge is -2.09. The smallest absolute Gasteiger partial charge is 0.257 e. The maximum absolute atomic E-state index is 12.5. The van der Waals surface area contributed by atoms with Crippen molar-refractivity contribution in [1.29, 1.82) is 0 Å². The molecule has 2 amide bonds. The summed E-state index contributed by atoms with van der Waals surface area (Å²) in [7, 11) is 0. The fourth-order valence-electron chi connectivity index (χ4n) is 2.50. The molecule has 1 heterocycles. The van der Waals surface area contributed by atoms with E-state index < -0.39 is 0 Å². The second kappa shape index (κ2) is 8.62. The molecule has 0 atom stereocenters. The summed E-state index contributed by atoms with van der Waals surface area (Å²) in [4.78, 5) is 27.6. The van der Waals surface area contributed by atoms with Crippen molar-refractivity contribution in [2.75, 3.05) is 16.0 Å². The van der Waals surface area contributed by atoms with Gasteiger partial charge in [-0.2, -0.15) is 0 Å². The van der Waals surface area contributed by atoms with Gasteiger partial charge in [0.05, 0.1) is 11.3 Å². The van der Waals surface area contributed by atoms with Crippen LogP contribution in [0.4, 0.5) is 17.1 Å². The van der Waals surface area contributed by atoms with Gasteiger partial charge in [-0.15, -0.1) is 0 Å². The standard InChI is InChI=1S/C21H20N4O2/c1-15(26)24-18-7-9-19(10-8-18)25-21(27)17-11-20(14-22-13-17)23-12-16-5-3-2-4-6-16/h2-11,13-14,23H,12H2,1H3,(H,24,26)(H,25,27). The average molecular weight is 360 g/mol. The number of pyridine rings is 1. The van der Waals surface area contributed by atoms with Crippen LogP contribution in [0, 0.1) is 0 Å². The Morgan fingerprint density at radius 3 is 2.19 bits per heavy atom. The molecule has 27 heavy (non-hydrogen) atoms. The van der Waals surface area contributed by atoms with Gasteiger partial charge in [0, 0.05) is 37.2 Å². The van der Waals surface area contributed by atoms with E-state index in [4.69, 9.17) is 0 Å². The predicted molar refractivity (Wildman–Crippen MR) is 107 cm³/mol. The van der Waals surface area contributed by atoms with Gasteiger partial charge >= 0.3 is 0 Å². The molecule has 0 spiro atoms. The number of amides is 2. The highest BCUT2D eigenvalue weighted by Crippen LogP contribution is 2.16. The molecular weight excluding hydrogens is 340 g/mol. The van der Waals surface area contributed by atoms with E-state index in [-0.39, 0.29) is 11.8 Å². The molecule has 0 fully saturated rings. The van der Waals surface area contributed by atoms with Gasteiger partial charge in [0.25, 0.3) is 5.91 Å². The van der Waals surface area contributed by atoms with Crippen LogP contribution < -0.4 is 16.0 Å². The topological polar surface area (TPSA) is 83.1 Å². The summed E-state index contributed by atoms with van der Waals surface area (Å²) in [5.41, 5.74) is 3.68. The van der Waals surface area contributed by atoms with Crippen molar-refractivity contribution in [3.05, 3.63) is 84.2 Å². The van der Waals surface area contributed by atoms with Crippen LogP contribution >= 0.6 is 0 Å². The Morgan fingerprint density at radius 1 is 0.852 bits per heavy atom. The van der Waals surface area contributed by atoms with Crippen molar-refractivity contribution in [1.82, 2.24) is 4.98 Å². The fourth-order valence-corrected chi connectivity index (χ4v) is 2.50. The molecule has 0 bridgehead atoms. The molecule has 0 saturated heterocycles. The molecule has 0 saturated carbocycles. The van der Waals surface area contributed by atoms with Crippen molar-refractivity contribution in [2.45, 2.75) is 13.5 Å². The summed E-state index contributed by atoms with van der Waals surface area (Å²) in [6.07, 6.45) is 3.21. The summed E-state index contributed by atoms with van der Waals surface area (Å²) in [6, 6.07) is 18.7. The quantitative estimate of drug-likeness (QED) is 0.622. The Bertz CT molecular complexity index is 924. The largest absolute Gasteiger partial charge is 0.380 e. The Kier molecular flexibility index (Phi) is 5.79. The minimum Gasteiger partial charge on any atom is -0.380 e. The lowest BCUT2D eigenvalue weighted by Crippen LogP contribution is -2.13. The first-order valence-corrected chi connectivity index (χ1v) is 8.52. The van der Waals surface area contributed by atoms with Crippen LogP contribution in [-0.4, -0.2) is 16.8 Å². The van der Waals surface area contributed by atoms with Gasteiger partial charge in [0.15, 0.2) is 0 Å². The van der Waals surface area contributed by atoms with E-state index in [1.165, 1.54) is 13.1 Å². The van der Waals surface area contributed by atoms with E-state index in [2.05, 4.69) is 20.9 Å². The lowest BCUT2D eigenvalue weighted by atomic mass is 10.2. The third kappa shape index (κ3) is 5.40. The zero-order valence-electron chi connectivity index (χ0n) is 14.9. The van der Waals surface area contributed by atoms with Gasteiger partial charge < -0.3 is 16.0 Å². The van der Waals surface area contributed by atoms with Crippen molar-refractivity contribution in [2.24, 2.45) is 0 Å². The van der Waals surface area contributed by atoms with Gasteiger partial charge in [-0.3, -0.25) is 14.6 Å². The van der Waals surface area contributed by atoms with Crippen LogP contribution in [0.5, 0.6) is 0 Å². The average Bonchev–Trinajstić information content (AvgIpc) is 2.68. The second-order valence-corrected chi connectivity index (χ2v) is 6.01. The third-order valence-electron chi connectivity index (χ3n) is 3.80. The van der Waals surface area contributed by atoms with E-state index in [0.29, 0.717) is 23.5 Å². The Hall–Kier alpha value is -3.67. The van der Waals surface area contributed by atoms with Crippen molar-refractivity contribution in [3.63, 3.8) is 0 Å². The molecule has 3 N–H and O–H groups in total. The maximum atomic E-state index is 12.5. The van der Waals surface area contributed by atoms with Crippen LogP contribution in [0.2, 0.25) is 0 Å². The van der Waals surface area contributed by atoms with Gasteiger partial charge in [-0.05, 0) is 35.9 Å². The Labute approximate surface area is 157 Å². The van der Waals surface area contributed by atoms with Crippen LogP contribution in [0.15, 0.2) is 73.1 Å². The minimum absolute atomic E-state index is 0.141. The first kappa shape index (κ1) is 18.1. The Balaban J connectivity index is 1.62. The first-order chi connectivity index (χ1) is 13.1.